The lowest BCUT2D eigenvalue weighted by atomic mass is 10.4. The first-order chi connectivity index (χ1) is 4.84. The molecule has 1 aliphatic rings. The molecule has 1 heterocycles. The third kappa shape index (κ3) is 2.64. The molecule has 1 saturated heterocycles. The highest BCUT2D eigenvalue weighted by Gasteiger charge is 2.34. The number of ether oxygens (including phenoxy) is 1. The number of hydrogen-bond acceptors (Lipinski definition) is 3. The summed E-state index contributed by atoms with van der Waals surface area (Å²) in [5.74, 6) is 0. The molecule has 0 N–H and O–H groups in total. The van der Waals surface area contributed by atoms with E-state index in [0.717, 1.165) is 6.42 Å². The highest BCUT2D eigenvalue weighted by Crippen LogP contribution is 2.20. The van der Waals surface area contributed by atoms with Gasteiger partial charge >= 0.3 is 0 Å². The van der Waals surface area contributed by atoms with E-state index in [9.17, 15) is 0 Å². The van der Waals surface area contributed by atoms with Gasteiger partial charge in [0.25, 0.3) is 0 Å². The van der Waals surface area contributed by atoms with Crippen LogP contribution in [0.4, 0.5) is 0 Å². The molecular weight excluding hydrogens is 132 g/mol. The lowest BCUT2D eigenvalue weighted by Crippen LogP contribution is -2.04. The minimum absolute atomic E-state index is 0.275. The highest BCUT2D eigenvalue weighted by molar-refractivity contribution is 4.78. The highest BCUT2D eigenvalue weighted by atomic mass is 17.2. The predicted molar refractivity (Wildman–Crippen MR) is 36.5 cm³/mol. The van der Waals surface area contributed by atoms with Crippen LogP contribution in [0.25, 0.3) is 0 Å². The zero-order valence-electron chi connectivity index (χ0n) is 6.50. The van der Waals surface area contributed by atoms with Crippen molar-refractivity contribution in [3.05, 3.63) is 0 Å². The second-order valence-electron chi connectivity index (χ2n) is 2.49. The molecule has 3 heteroatoms. The fourth-order valence-electron chi connectivity index (χ4n) is 0.663. The molecule has 1 rings (SSSR count). The molecule has 1 fully saturated rings. The Morgan fingerprint density at radius 3 is 2.60 bits per heavy atom. The summed E-state index contributed by atoms with van der Waals surface area (Å²) in [5, 5.41) is 0. The number of epoxide rings is 1. The summed E-state index contributed by atoms with van der Waals surface area (Å²) in [4.78, 5) is 9.65. The molecule has 60 valence electrons. The lowest BCUT2D eigenvalue weighted by molar-refractivity contribution is -0.296. The molecule has 1 aliphatic heterocycles. The molecule has 0 aromatic rings. The molecular formula is C7H14O3. The Morgan fingerprint density at radius 1 is 1.40 bits per heavy atom. The van der Waals surface area contributed by atoms with Crippen molar-refractivity contribution in [3.63, 3.8) is 0 Å². The lowest BCUT2D eigenvalue weighted by Gasteiger charge is -1.98. The molecule has 3 nitrogen and oxygen atoms in total. The van der Waals surface area contributed by atoms with Gasteiger partial charge in [0.15, 0.2) is 0 Å². The minimum Gasteiger partial charge on any atom is -0.367 e. The van der Waals surface area contributed by atoms with E-state index in [2.05, 4.69) is 0 Å². The van der Waals surface area contributed by atoms with Crippen molar-refractivity contribution in [2.75, 3.05) is 13.2 Å². The Labute approximate surface area is 61.2 Å². The predicted octanol–water partition coefficient (Wildman–Crippen LogP) is 1.13. The molecule has 2 atom stereocenters. The van der Waals surface area contributed by atoms with Crippen molar-refractivity contribution in [3.8, 4) is 0 Å². The van der Waals surface area contributed by atoms with Crippen LogP contribution in [-0.2, 0) is 14.5 Å². The van der Waals surface area contributed by atoms with Crippen molar-refractivity contribution in [1.29, 1.82) is 0 Å². The smallest absolute Gasteiger partial charge is 0.111 e. The van der Waals surface area contributed by atoms with Crippen LogP contribution in [0, 0.1) is 0 Å². The quantitative estimate of drug-likeness (QED) is 0.252. The van der Waals surface area contributed by atoms with Crippen molar-refractivity contribution in [2.45, 2.75) is 32.5 Å². The molecule has 0 aromatic carbocycles. The molecule has 0 aliphatic carbocycles. The van der Waals surface area contributed by atoms with Crippen LogP contribution >= 0.6 is 0 Å². The fourth-order valence-corrected chi connectivity index (χ4v) is 0.663. The van der Waals surface area contributed by atoms with E-state index in [1.807, 2.05) is 13.8 Å². The van der Waals surface area contributed by atoms with Gasteiger partial charge in [0.05, 0.1) is 12.7 Å². The van der Waals surface area contributed by atoms with Crippen LogP contribution in [0.3, 0.4) is 0 Å². The summed E-state index contributed by atoms with van der Waals surface area (Å²) < 4.78 is 5.09. The Morgan fingerprint density at radius 2 is 2.10 bits per heavy atom. The topological polar surface area (TPSA) is 31.0 Å². The van der Waals surface area contributed by atoms with Gasteiger partial charge in [-0.25, -0.2) is 9.78 Å². The Hall–Kier alpha value is -0.120. The van der Waals surface area contributed by atoms with E-state index in [0.29, 0.717) is 19.3 Å². The average Bonchev–Trinajstić information content (AvgIpc) is 2.60. The first-order valence-electron chi connectivity index (χ1n) is 3.74. The standard InChI is InChI=1S/C7H14O3/c1-3-4-8-9-5-7-6(2)10-7/h6-7H,3-5H2,1-2H3. The Balaban J connectivity index is 1.78. The van der Waals surface area contributed by atoms with Gasteiger partial charge < -0.3 is 4.74 Å². The van der Waals surface area contributed by atoms with Crippen LogP contribution in [-0.4, -0.2) is 25.4 Å². The van der Waals surface area contributed by atoms with Crippen LogP contribution in [0.2, 0.25) is 0 Å². The third-order valence-corrected chi connectivity index (χ3v) is 1.44. The summed E-state index contributed by atoms with van der Waals surface area (Å²) in [6.45, 7) is 5.30. The molecule has 0 amide bonds. The maximum Gasteiger partial charge on any atom is 0.111 e. The van der Waals surface area contributed by atoms with Gasteiger partial charge in [0.1, 0.15) is 12.7 Å². The normalized spacial score (nSPS) is 30.6. The van der Waals surface area contributed by atoms with Gasteiger partial charge in [-0.05, 0) is 13.3 Å². The van der Waals surface area contributed by atoms with Crippen LogP contribution in [0.5, 0.6) is 0 Å². The summed E-state index contributed by atoms with van der Waals surface area (Å²) in [5.41, 5.74) is 0. The molecule has 0 saturated carbocycles. The van der Waals surface area contributed by atoms with Crippen molar-refractivity contribution in [2.24, 2.45) is 0 Å². The molecule has 0 spiro atoms. The van der Waals surface area contributed by atoms with Crippen molar-refractivity contribution >= 4 is 0 Å². The first kappa shape index (κ1) is 7.98. The zero-order valence-corrected chi connectivity index (χ0v) is 6.50. The molecule has 0 radical (unpaired) electrons. The maximum atomic E-state index is 5.09. The second kappa shape index (κ2) is 3.91. The maximum absolute atomic E-state index is 5.09. The van der Waals surface area contributed by atoms with E-state index < -0.39 is 0 Å². The van der Waals surface area contributed by atoms with Gasteiger partial charge in [-0.3, -0.25) is 0 Å². The number of hydrogen-bond donors (Lipinski definition) is 0. The Kier molecular flexibility index (Phi) is 3.12. The SMILES string of the molecule is CCCOOCC1OC1C. The van der Waals surface area contributed by atoms with Gasteiger partial charge in [-0.15, -0.1) is 0 Å². The first-order valence-corrected chi connectivity index (χ1v) is 3.74. The molecule has 2 unspecified atom stereocenters. The summed E-state index contributed by atoms with van der Waals surface area (Å²) in [6.07, 6.45) is 1.63. The van der Waals surface area contributed by atoms with E-state index in [1.165, 1.54) is 0 Å². The average molecular weight is 146 g/mol. The zero-order chi connectivity index (χ0) is 7.40. The van der Waals surface area contributed by atoms with E-state index in [4.69, 9.17) is 14.5 Å². The van der Waals surface area contributed by atoms with Gasteiger partial charge in [0, 0.05) is 0 Å². The molecule has 10 heavy (non-hydrogen) atoms. The van der Waals surface area contributed by atoms with Crippen molar-refractivity contribution < 1.29 is 14.5 Å². The number of rotatable bonds is 5. The monoisotopic (exact) mass is 146 g/mol. The fraction of sp³-hybridized carbons (Fsp3) is 1.00. The largest absolute Gasteiger partial charge is 0.367 e. The van der Waals surface area contributed by atoms with Gasteiger partial charge in [-0.1, -0.05) is 6.92 Å². The minimum atomic E-state index is 0.275. The van der Waals surface area contributed by atoms with E-state index in [1.54, 1.807) is 0 Å². The van der Waals surface area contributed by atoms with Gasteiger partial charge in [-0.2, -0.15) is 0 Å². The van der Waals surface area contributed by atoms with Crippen molar-refractivity contribution in [1.82, 2.24) is 0 Å². The van der Waals surface area contributed by atoms with Crippen LogP contribution in [0.15, 0.2) is 0 Å². The molecule has 0 bridgehead atoms. The Bertz CT molecular complexity index is 94.9. The van der Waals surface area contributed by atoms with E-state index >= 15 is 0 Å². The van der Waals surface area contributed by atoms with Crippen LogP contribution in [0.1, 0.15) is 20.3 Å². The summed E-state index contributed by atoms with van der Waals surface area (Å²) in [6, 6.07) is 0. The summed E-state index contributed by atoms with van der Waals surface area (Å²) >= 11 is 0. The molecule has 0 aromatic heterocycles. The summed E-state index contributed by atoms with van der Waals surface area (Å²) in [7, 11) is 0. The second-order valence-corrected chi connectivity index (χ2v) is 2.49. The van der Waals surface area contributed by atoms with E-state index in [-0.39, 0.29) is 6.10 Å². The van der Waals surface area contributed by atoms with Crippen LogP contribution < -0.4 is 0 Å². The third-order valence-electron chi connectivity index (χ3n) is 1.44. The van der Waals surface area contributed by atoms with Gasteiger partial charge in [0.2, 0.25) is 0 Å².